The molecule has 6 nitrogen and oxygen atoms in total. The topological polar surface area (TPSA) is 72.3 Å². The molecule has 0 atom stereocenters. The van der Waals surface area contributed by atoms with E-state index in [-0.39, 0.29) is 5.91 Å². The molecule has 0 radical (unpaired) electrons. The number of amides is 1. The fourth-order valence-corrected chi connectivity index (χ4v) is 3.95. The van der Waals surface area contributed by atoms with Crippen molar-refractivity contribution in [3.63, 3.8) is 0 Å². The zero-order chi connectivity index (χ0) is 18.8. The molecule has 136 valence electrons. The number of H-pyrrole nitrogens is 1. The fourth-order valence-electron chi connectivity index (χ4n) is 2.86. The van der Waals surface area contributed by atoms with Gasteiger partial charge in [0.15, 0.2) is 4.80 Å². The number of halogens is 1. The second kappa shape index (κ2) is 7.48. The molecule has 0 fully saturated rings. The first-order valence-electron chi connectivity index (χ1n) is 8.13. The fraction of sp³-hybridized carbons (Fsp3) is 0.105. The third kappa shape index (κ3) is 3.32. The van der Waals surface area contributed by atoms with Gasteiger partial charge in [-0.25, -0.2) is 4.98 Å². The van der Waals surface area contributed by atoms with Crippen molar-refractivity contribution in [2.45, 2.75) is 6.61 Å². The number of rotatable bonds is 4. The first kappa shape index (κ1) is 17.7. The summed E-state index contributed by atoms with van der Waals surface area (Å²) in [5.41, 5.74) is 2.76. The summed E-state index contributed by atoms with van der Waals surface area (Å²) in [4.78, 5) is 25.0. The first-order valence-corrected chi connectivity index (χ1v) is 9.39. The van der Waals surface area contributed by atoms with Crippen LogP contribution >= 0.6 is 22.9 Å². The lowest BCUT2D eigenvalue weighted by atomic mass is 10.2. The highest BCUT2D eigenvalue weighted by atomic mass is 35.5. The number of ether oxygens (including phenoxy) is 1. The van der Waals surface area contributed by atoms with Crippen LogP contribution in [0.3, 0.4) is 0 Å². The minimum absolute atomic E-state index is 0.339. The number of fused-ring (bicyclic) bond motifs is 1. The zero-order valence-corrected chi connectivity index (χ0v) is 15.9. The molecule has 3 heterocycles. The van der Waals surface area contributed by atoms with E-state index in [0.29, 0.717) is 27.6 Å². The molecule has 0 aliphatic rings. The summed E-state index contributed by atoms with van der Waals surface area (Å²) in [5.74, 6) is -0.339. The second-order valence-corrected chi connectivity index (χ2v) is 6.99. The van der Waals surface area contributed by atoms with Crippen LogP contribution in [0.2, 0.25) is 5.02 Å². The van der Waals surface area contributed by atoms with E-state index in [1.807, 2.05) is 34.2 Å². The van der Waals surface area contributed by atoms with Gasteiger partial charge in [0.05, 0.1) is 28.6 Å². The predicted molar refractivity (Wildman–Crippen MR) is 105 cm³/mol. The number of para-hydroxylation sites is 1. The van der Waals surface area contributed by atoms with E-state index in [1.54, 1.807) is 31.6 Å². The molecule has 0 unspecified atom stereocenters. The Morgan fingerprint density at radius 2 is 2.19 bits per heavy atom. The Kier molecular flexibility index (Phi) is 4.89. The number of nitrogens with zero attached hydrogens (tertiary/aromatic N) is 3. The average molecular weight is 399 g/mol. The number of carbonyl (C=O) groups is 1. The summed E-state index contributed by atoms with van der Waals surface area (Å²) in [6, 6.07) is 10.9. The Labute approximate surface area is 163 Å². The molecule has 27 heavy (non-hydrogen) atoms. The molecule has 1 aromatic carbocycles. The van der Waals surface area contributed by atoms with Crippen molar-refractivity contribution in [1.29, 1.82) is 0 Å². The number of benzene rings is 1. The number of aromatic nitrogens is 3. The van der Waals surface area contributed by atoms with E-state index in [4.69, 9.17) is 16.3 Å². The van der Waals surface area contributed by atoms with Gasteiger partial charge in [0, 0.05) is 30.3 Å². The lowest BCUT2D eigenvalue weighted by molar-refractivity contribution is 0.0999. The summed E-state index contributed by atoms with van der Waals surface area (Å²) < 4.78 is 7.13. The van der Waals surface area contributed by atoms with Crippen LogP contribution < -0.4 is 4.80 Å². The SMILES string of the molecule is COCc1cs/c(=N\C(=O)c2ccnc3[nH]ccc23)n1-c1ccccc1Cl. The van der Waals surface area contributed by atoms with E-state index < -0.39 is 0 Å². The van der Waals surface area contributed by atoms with Crippen molar-refractivity contribution in [2.24, 2.45) is 4.99 Å². The Morgan fingerprint density at radius 1 is 1.33 bits per heavy atom. The van der Waals surface area contributed by atoms with E-state index >= 15 is 0 Å². The van der Waals surface area contributed by atoms with Crippen LogP contribution in [0, 0.1) is 0 Å². The second-order valence-electron chi connectivity index (χ2n) is 5.74. The Morgan fingerprint density at radius 3 is 3.00 bits per heavy atom. The van der Waals surface area contributed by atoms with Gasteiger partial charge in [-0.05, 0) is 24.3 Å². The maximum Gasteiger partial charge on any atom is 0.280 e. The van der Waals surface area contributed by atoms with Gasteiger partial charge in [-0.15, -0.1) is 11.3 Å². The molecule has 0 aliphatic carbocycles. The maximum atomic E-state index is 12.9. The highest BCUT2D eigenvalue weighted by Crippen LogP contribution is 2.22. The normalized spacial score (nSPS) is 12.0. The minimum atomic E-state index is -0.339. The van der Waals surface area contributed by atoms with Gasteiger partial charge in [0.2, 0.25) is 0 Å². The summed E-state index contributed by atoms with van der Waals surface area (Å²) in [6.07, 6.45) is 3.34. The monoisotopic (exact) mass is 398 g/mol. The molecule has 4 rings (SSSR count). The molecule has 0 saturated carbocycles. The van der Waals surface area contributed by atoms with Gasteiger partial charge in [0.25, 0.3) is 5.91 Å². The maximum absolute atomic E-state index is 12.9. The third-order valence-corrected chi connectivity index (χ3v) is 5.25. The number of pyridine rings is 1. The van der Waals surface area contributed by atoms with E-state index in [9.17, 15) is 4.79 Å². The molecule has 3 aromatic heterocycles. The molecule has 0 spiro atoms. The molecular formula is C19H15ClN4O2S. The predicted octanol–water partition coefficient (Wildman–Crippen LogP) is 3.96. The van der Waals surface area contributed by atoms with Crippen LogP contribution in [-0.4, -0.2) is 27.6 Å². The Bertz CT molecular complexity index is 1190. The third-order valence-electron chi connectivity index (χ3n) is 4.05. The van der Waals surface area contributed by atoms with Gasteiger partial charge in [-0.2, -0.15) is 4.99 Å². The Balaban J connectivity index is 1.88. The van der Waals surface area contributed by atoms with Crippen LogP contribution in [0.25, 0.3) is 16.7 Å². The zero-order valence-electron chi connectivity index (χ0n) is 14.3. The molecular weight excluding hydrogens is 384 g/mol. The van der Waals surface area contributed by atoms with Crippen molar-refractivity contribution in [1.82, 2.24) is 14.5 Å². The number of aromatic amines is 1. The highest BCUT2D eigenvalue weighted by molar-refractivity contribution is 7.07. The van der Waals surface area contributed by atoms with Crippen molar-refractivity contribution in [2.75, 3.05) is 7.11 Å². The average Bonchev–Trinajstić information content (AvgIpc) is 3.29. The van der Waals surface area contributed by atoms with Gasteiger partial charge >= 0.3 is 0 Å². The molecule has 1 N–H and O–H groups in total. The van der Waals surface area contributed by atoms with E-state index in [2.05, 4.69) is 15.0 Å². The largest absolute Gasteiger partial charge is 0.378 e. The number of nitrogens with one attached hydrogen (secondary N) is 1. The number of thiazole rings is 1. The molecule has 1 amide bonds. The van der Waals surface area contributed by atoms with Crippen molar-refractivity contribution in [3.05, 3.63) is 75.3 Å². The summed E-state index contributed by atoms with van der Waals surface area (Å²) in [5, 5.41) is 3.22. The summed E-state index contributed by atoms with van der Waals surface area (Å²) >= 11 is 7.74. The molecule has 4 aromatic rings. The number of hydrogen-bond acceptors (Lipinski definition) is 4. The van der Waals surface area contributed by atoms with E-state index in [0.717, 1.165) is 16.8 Å². The highest BCUT2D eigenvalue weighted by Gasteiger charge is 2.14. The molecule has 0 bridgehead atoms. The molecule has 0 saturated heterocycles. The van der Waals surface area contributed by atoms with Crippen LogP contribution in [0.5, 0.6) is 0 Å². The standard InChI is InChI=1S/C19H15ClN4O2S/c1-26-10-12-11-27-19(24(12)16-5-3-2-4-15(16)20)23-18(25)14-7-9-22-17-13(14)6-8-21-17/h2-9,11H,10H2,1H3,(H,21,22)/b23-19-. The number of hydrogen-bond donors (Lipinski definition) is 1. The van der Waals surface area contributed by atoms with Gasteiger partial charge in [0.1, 0.15) is 5.65 Å². The first-order chi connectivity index (χ1) is 13.2. The van der Waals surface area contributed by atoms with Gasteiger partial charge in [-0.1, -0.05) is 23.7 Å². The van der Waals surface area contributed by atoms with Crippen LogP contribution in [0.1, 0.15) is 16.1 Å². The molecule has 0 aliphatic heterocycles. The minimum Gasteiger partial charge on any atom is -0.378 e. The van der Waals surface area contributed by atoms with Crippen molar-refractivity contribution >= 4 is 39.9 Å². The quantitative estimate of drug-likeness (QED) is 0.565. The summed E-state index contributed by atoms with van der Waals surface area (Å²) in [7, 11) is 1.62. The van der Waals surface area contributed by atoms with Crippen LogP contribution in [0.4, 0.5) is 0 Å². The lowest BCUT2D eigenvalue weighted by Gasteiger charge is -2.10. The van der Waals surface area contributed by atoms with E-state index in [1.165, 1.54) is 11.3 Å². The number of methoxy groups -OCH3 is 1. The summed E-state index contributed by atoms with van der Waals surface area (Å²) in [6.45, 7) is 0.378. The smallest absolute Gasteiger partial charge is 0.280 e. The van der Waals surface area contributed by atoms with Crippen molar-refractivity contribution in [3.8, 4) is 5.69 Å². The van der Waals surface area contributed by atoms with Gasteiger partial charge < -0.3 is 9.72 Å². The number of carbonyl (C=O) groups excluding carboxylic acids is 1. The molecule has 8 heteroatoms. The van der Waals surface area contributed by atoms with Crippen LogP contribution in [0.15, 0.2) is 59.2 Å². The van der Waals surface area contributed by atoms with Gasteiger partial charge in [-0.3, -0.25) is 9.36 Å². The van der Waals surface area contributed by atoms with Crippen molar-refractivity contribution < 1.29 is 9.53 Å². The van der Waals surface area contributed by atoms with Crippen LogP contribution in [-0.2, 0) is 11.3 Å². The Hall–Kier alpha value is -2.74. The lowest BCUT2D eigenvalue weighted by Crippen LogP contribution is -2.18.